The van der Waals surface area contributed by atoms with Crippen molar-refractivity contribution in [3.8, 4) is 0 Å². The highest BCUT2D eigenvalue weighted by Gasteiger charge is 2.21. The Morgan fingerprint density at radius 2 is 1.63 bits per heavy atom. The number of carbonyl (C=O) groups is 3. The number of hydrogen-bond donors (Lipinski definition) is 3. The molecule has 0 saturated carbocycles. The molecule has 1 aliphatic rings. The second-order valence-electron chi connectivity index (χ2n) is 7.86. The number of rotatable bonds is 8. The van der Waals surface area contributed by atoms with Crippen LogP contribution in [0.5, 0.6) is 0 Å². The molecule has 3 amide bonds. The molecule has 0 aromatic heterocycles. The van der Waals surface area contributed by atoms with E-state index in [1.54, 1.807) is 29.2 Å². The summed E-state index contributed by atoms with van der Waals surface area (Å²) in [4.78, 5) is 39.2. The van der Waals surface area contributed by atoms with Gasteiger partial charge in [0.15, 0.2) is 0 Å². The average Bonchev–Trinajstić information content (AvgIpc) is 3.17. The van der Waals surface area contributed by atoms with E-state index in [4.69, 9.17) is 0 Å². The van der Waals surface area contributed by atoms with Gasteiger partial charge in [0.2, 0.25) is 11.8 Å². The zero-order chi connectivity index (χ0) is 21.5. The van der Waals surface area contributed by atoms with Crippen molar-refractivity contribution in [2.75, 3.05) is 32.1 Å². The lowest BCUT2D eigenvalue weighted by molar-refractivity contribution is -0.872. The van der Waals surface area contributed by atoms with Gasteiger partial charge in [-0.25, -0.2) is 0 Å². The predicted octanol–water partition coefficient (Wildman–Crippen LogP) is 0.504. The second-order valence-corrected chi connectivity index (χ2v) is 7.86. The average molecular weight is 410 g/mol. The standard InChI is InChI=1S/C23H28N4O3/c1-26(2)16-18-7-5-17(6-8-18)14-24-21(28)15-25-23(30)19-9-11-20(12-10-19)27-13-3-4-22(27)29/h5-12H,3-4,13-16H2,1-2H3,(H,24,28)(H,25,30)/p+1. The van der Waals surface area contributed by atoms with Gasteiger partial charge in [-0.3, -0.25) is 14.4 Å². The van der Waals surface area contributed by atoms with E-state index >= 15 is 0 Å². The third-order valence-electron chi connectivity index (χ3n) is 4.99. The first kappa shape index (κ1) is 21.5. The fourth-order valence-electron chi connectivity index (χ4n) is 3.42. The minimum Gasteiger partial charge on any atom is -0.350 e. The van der Waals surface area contributed by atoms with E-state index in [2.05, 4.69) is 36.9 Å². The van der Waals surface area contributed by atoms with Gasteiger partial charge in [-0.15, -0.1) is 0 Å². The van der Waals surface area contributed by atoms with Gasteiger partial charge in [0.25, 0.3) is 5.91 Å². The van der Waals surface area contributed by atoms with E-state index in [1.165, 1.54) is 10.5 Å². The fourth-order valence-corrected chi connectivity index (χ4v) is 3.42. The van der Waals surface area contributed by atoms with Crippen molar-refractivity contribution >= 4 is 23.4 Å². The topological polar surface area (TPSA) is 82.9 Å². The van der Waals surface area contributed by atoms with E-state index in [-0.39, 0.29) is 24.3 Å². The number of hydrogen-bond acceptors (Lipinski definition) is 3. The molecule has 1 saturated heterocycles. The summed E-state index contributed by atoms with van der Waals surface area (Å²) in [6, 6.07) is 15.0. The molecule has 0 aliphatic carbocycles. The summed E-state index contributed by atoms with van der Waals surface area (Å²) in [5.41, 5.74) is 3.51. The molecule has 0 radical (unpaired) electrons. The zero-order valence-corrected chi connectivity index (χ0v) is 17.5. The fraction of sp³-hybridized carbons (Fsp3) is 0.348. The summed E-state index contributed by atoms with van der Waals surface area (Å²) in [5, 5.41) is 5.44. The van der Waals surface area contributed by atoms with Crippen molar-refractivity contribution in [3.63, 3.8) is 0 Å². The number of benzene rings is 2. The van der Waals surface area contributed by atoms with E-state index in [0.29, 0.717) is 25.1 Å². The van der Waals surface area contributed by atoms with Crippen molar-refractivity contribution in [1.29, 1.82) is 0 Å². The summed E-state index contributed by atoms with van der Waals surface area (Å²) < 4.78 is 0. The lowest BCUT2D eigenvalue weighted by atomic mass is 10.1. The molecule has 158 valence electrons. The van der Waals surface area contributed by atoms with Gasteiger partial charge in [0, 0.05) is 36.3 Å². The highest BCUT2D eigenvalue weighted by atomic mass is 16.2. The molecule has 1 heterocycles. The number of nitrogens with one attached hydrogen (secondary N) is 3. The molecule has 1 aliphatic heterocycles. The molecule has 7 nitrogen and oxygen atoms in total. The van der Waals surface area contributed by atoms with Crippen molar-refractivity contribution in [2.45, 2.75) is 25.9 Å². The summed E-state index contributed by atoms with van der Waals surface area (Å²) in [6.07, 6.45) is 1.43. The van der Waals surface area contributed by atoms with Crippen LogP contribution in [-0.4, -0.2) is 44.9 Å². The Morgan fingerprint density at radius 1 is 0.967 bits per heavy atom. The quantitative estimate of drug-likeness (QED) is 0.594. The summed E-state index contributed by atoms with van der Waals surface area (Å²) in [6.45, 7) is 1.99. The van der Waals surface area contributed by atoms with Crippen LogP contribution in [0, 0.1) is 0 Å². The Morgan fingerprint density at radius 3 is 2.23 bits per heavy atom. The van der Waals surface area contributed by atoms with Crippen LogP contribution in [0.15, 0.2) is 48.5 Å². The molecule has 2 aromatic rings. The van der Waals surface area contributed by atoms with Crippen molar-refractivity contribution in [2.24, 2.45) is 0 Å². The molecule has 3 N–H and O–H groups in total. The third kappa shape index (κ3) is 5.90. The van der Waals surface area contributed by atoms with Gasteiger partial charge < -0.3 is 20.4 Å². The van der Waals surface area contributed by atoms with Crippen molar-refractivity contribution in [3.05, 3.63) is 65.2 Å². The Hall–Kier alpha value is -3.19. The molecule has 3 rings (SSSR count). The molecule has 0 bridgehead atoms. The maximum Gasteiger partial charge on any atom is 0.251 e. The van der Waals surface area contributed by atoms with E-state index in [0.717, 1.165) is 24.2 Å². The van der Waals surface area contributed by atoms with Gasteiger partial charge in [-0.2, -0.15) is 0 Å². The first-order valence-corrected chi connectivity index (χ1v) is 10.2. The molecular weight excluding hydrogens is 380 g/mol. The smallest absolute Gasteiger partial charge is 0.251 e. The second kappa shape index (κ2) is 10.0. The van der Waals surface area contributed by atoms with Crippen LogP contribution < -0.4 is 20.4 Å². The van der Waals surface area contributed by atoms with E-state index in [9.17, 15) is 14.4 Å². The van der Waals surface area contributed by atoms with Crippen LogP contribution in [0.4, 0.5) is 5.69 Å². The molecule has 30 heavy (non-hydrogen) atoms. The molecule has 1 fully saturated rings. The first-order chi connectivity index (χ1) is 14.4. The third-order valence-corrected chi connectivity index (χ3v) is 4.99. The monoisotopic (exact) mass is 409 g/mol. The van der Waals surface area contributed by atoms with Gasteiger partial charge >= 0.3 is 0 Å². The lowest BCUT2D eigenvalue weighted by Gasteiger charge is -2.15. The normalized spacial score (nSPS) is 13.6. The Labute approximate surface area is 177 Å². The van der Waals surface area contributed by atoms with Gasteiger partial charge in [-0.05, 0) is 36.2 Å². The molecular formula is C23H29N4O3+. The molecule has 0 atom stereocenters. The minimum atomic E-state index is -0.319. The Bertz CT molecular complexity index is 892. The van der Waals surface area contributed by atoms with Crippen molar-refractivity contribution < 1.29 is 19.3 Å². The molecule has 0 spiro atoms. The van der Waals surface area contributed by atoms with Crippen LogP contribution in [0.25, 0.3) is 0 Å². The minimum absolute atomic E-state index is 0.0900. The highest BCUT2D eigenvalue weighted by molar-refractivity contribution is 5.98. The summed E-state index contributed by atoms with van der Waals surface area (Å²) in [5.74, 6) is -0.457. The molecule has 7 heteroatoms. The number of anilines is 1. The van der Waals surface area contributed by atoms with Crippen LogP contribution in [0.1, 0.15) is 34.3 Å². The van der Waals surface area contributed by atoms with Gasteiger partial charge in [-0.1, -0.05) is 24.3 Å². The van der Waals surface area contributed by atoms with Crippen LogP contribution in [-0.2, 0) is 22.7 Å². The lowest BCUT2D eigenvalue weighted by Crippen LogP contribution is -3.04. The number of quaternary nitrogens is 1. The van der Waals surface area contributed by atoms with Gasteiger partial charge in [0.05, 0.1) is 20.6 Å². The van der Waals surface area contributed by atoms with Crippen LogP contribution in [0.3, 0.4) is 0 Å². The Kier molecular flexibility index (Phi) is 7.19. The maximum absolute atomic E-state index is 12.3. The maximum atomic E-state index is 12.3. The SMILES string of the molecule is C[NH+](C)Cc1ccc(CNC(=O)CNC(=O)c2ccc(N3CCCC3=O)cc2)cc1. The number of nitrogens with zero attached hydrogens (tertiary/aromatic N) is 1. The molecule has 2 aromatic carbocycles. The first-order valence-electron chi connectivity index (χ1n) is 10.2. The zero-order valence-electron chi connectivity index (χ0n) is 17.5. The molecule has 0 unspecified atom stereocenters. The number of carbonyl (C=O) groups excluding carboxylic acids is 3. The van der Waals surface area contributed by atoms with E-state index in [1.807, 2.05) is 12.1 Å². The number of amides is 3. The van der Waals surface area contributed by atoms with E-state index < -0.39 is 0 Å². The Balaban J connectivity index is 1.43. The van der Waals surface area contributed by atoms with Crippen LogP contribution >= 0.6 is 0 Å². The summed E-state index contributed by atoms with van der Waals surface area (Å²) in [7, 11) is 4.20. The van der Waals surface area contributed by atoms with Crippen molar-refractivity contribution in [1.82, 2.24) is 10.6 Å². The highest BCUT2D eigenvalue weighted by Crippen LogP contribution is 2.21. The van der Waals surface area contributed by atoms with Crippen LogP contribution in [0.2, 0.25) is 0 Å². The van der Waals surface area contributed by atoms with Gasteiger partial charge in [0.1, 0.15) is 6.54 Å². The summed E-state index contributed by atoms with van der Waals surface area (Å²) >= 11 is 0. The largest absolute Gasteiger partial charge is 0.350 e. The predicted molar refractivity (Wildman–Crippen MR) is 115 cm³/mol.